The molecule has 0 aromatic carbocycles. The number of hydrogen-bond donors (Lipinski definition) is 2. The maximum atomic E-state index is 10.1. The average Bonchev–Trinajstić information content (AvgIpc) is 3.01. The van der Waals surface area contributed by atoms with Crippen molar-refractivity contribution >= 4 is 17.3 Å². The third-order valence-electron chi connectivity index (χ3n) is 3.29. The minimum Gasteiger partial charge on any atom is -0.477 e. The summed E-state index contributed by atoms with van der Waals surface area (Å²) in [6.07, 6.45) is 13.9. The third kappa shape index (κ3) is 13.9. The van der Waals surface area contributed by atoms with E-state index in [2.05, 4.69) is 6.92 Å². The normalized spacial score (nSPS) is 10.0. The molecule has 21 heavy (non-hydrogen) atoms. The van der Waals surface area contributed by atoms with E-state index in [-0.39, 0.29) is 0 Å². The van der Waals surface area contributed by atoms with Crippen LogP contribution in [0.25, 0.3) is 0 Å². The van der Waals surface area contributed by atoms with Gasteiger partial charge in [-0.25, -0.2) is 4.79 Å². The fraction of sp³-hybridized carbons (Fsp3) is 0.706. The molecule has 0 unspecified atom stereocenters. The van der Waals surface area contributed by atoms with Gasteiger partial charge in [-0.15, -0.1) is 11.3 Å². The van der Waals surface area contributed by atoms with Gasteiger partial charge >= 0.3 is 5.97 Å². The fourth-order valence-corrected chi connectivity index (χ4v) is 2.59. The molecule has 0 aliphatic carbocycles. The third-order valence-corrected chi connectivity index (χ3v) is 4.15. The molecule has 0 atom stereocenters. The Morgan fingerprint density at radius 3 is 1.90 bits per heavy atom. The Balaban J connectivity index is 0.000000423. The van der Waals surface area contributed by atoms with Crippen molar-refractivity contribution in [3.05, 3.63) is 22.4 Å². The monoisotopic (exact) mass is 313 g/mol. The van der Waals surface area contributed by atoms with Crippen molar-refractivity contribution in [2.45, 2.75) is 71.1 Å². The van der Waals surface area contributed by atoms with Crippen molar-refractivity contribution in [3.8, 4) is 0 Å². The molecule has 1 heterocycles. The van der Waals surface area contributed by atoms with Gasteiger partial charge in [0.15, 0.2) is 0 Å². The summed E-state index contributed by atoms with van der Waals surface area (Å²) in [6, 6.07) is 3.29. The van der Waals surface area contributed by atoms with Gasteiger partial charge in [0.25, 0.3) is 0 Å². The SMILES string of the molecule is CCCCCCCCCCCCN.O=C(O)c1cccs1. The lowest BCUT2D eigenvalue weighted by atomic mass is 10.1. The molecule has 0 radical (unpaired) electrons. The summed E-state index contributed by atoms with van der Waals surface area (Å²) < 4.78 is 0. The van der Waals surface area contributed by atoms with E-state index < -0.39 is 5.97 Å². The maximum Gasteiger partial charge on any atom is 0.345 e. The van der Waals surface area contributed by atoms with E-state index in [0.29, 0.717) is 4.88 Å². The van der Waals surface area contributed by atoms with E-state index in [4.69, 9.17) is 10.8 Å². The predicted molar refractivity (Wildman–Crippen MR) is 92.2 cm³/mol. The molecule has 1 aromatic heterocycles. The molecule has 0 bridgehead atoms. The van der Waals surface area contributed by atoms with Crippen molar-refractivity contribution in [1.82, 2.24) is 0 Å². The zero-order valence-corrected chi connectivity index (χ0v) is 14.2. The average molecular weight is 314 g/mol. The molecule has 1 rings (SSSR count). The largest absolute Gasteiger partial charge is 0.477 e. The molecule has 122 valence electrons. The van der Waals surface area contributed by atoms with Crippen LogP contribution in [-0.4, -0.2) is 17.6 Å². The molecule has 0 aliphatic rings. The summed E-state index contributed by atoms with van der Waals surface area (Å²) >= 11 is 1.23. The number of aromatic carboxylic acids is 1. The Kier molecular flexibility index (Phi) is 14.9. The van der Waals surface area contributed by atoms with Crippen molar-refractivity contribution in [3.63, 3.8) is 0 Å². The molecular formula is C17H31NO2S. The van der Waals surface area contributed by atoms with E-state index in [9.17, 15) is 4.79 Å². The van der Waals surface area contributed by atoms with Crippen molar-refractivity contribution < 1.29 is 9.90 Å². The quantitative estimate of drug-likeness (QED) is 0.544. The molecule has 0 fully saturated rings. The van der Waals surface area contributed by atoms with E-state index >= 15 is 0 Å². The highest BCUT2D eigenvalue weighted by Crippen LogP contribution is 2.10. The molecule has 4 heteroatoms. The summed E-state index contributed by atoms with van der Waals surface area (Å²) in [7, 11) is 0. The minimum absolute atomic E-state index is 0.394. The van der Waals surface area contributed by atoms with Gasteiger partial charge in [0.2, 0.25) is 0 Å². The first-order valence-electron chi connectivity index (χ1n) is 8.19. The van der Waals surface area contributed by atoms with Gasteiger partial charge in [-0.05, 0) is 24.4 Å². The smallest absolute Gasteiger partial charge is 0.345 e. The first kappa shape index (κ1) is 20.1. The summed E-state index contributed by atoms with van der Waals surface area (Å²) in [4.78, 5) is 10.5. The summed E-state index contributed by atoms with van der Waals surface area (Å²) in [5.41, 5.74) is 5.42. The Hall–Kier alpha value is -0.870. The highest BCUT2D eigenvalue weighted by Gasteiger charge is 1.99. The van der Waals surface area contributed by atoms with Crippen molar-refractivity contribution in [1.29, 1.82) is 0 Å². The van der Waals surface area contributed by atoms with Crippen LogP contribution in [0.4, 0.5) is 0 Å². The van der Waals surface area contributed by atoms with Crippen LogP contribution < -0.4 is 5.73 Å². The lowest BCUT2D eigenvalue weighted by Crippen LogP contribution is -1.97. The van der Waals surface area contributed by atoms with Crippen LogP contribution in [-0.2, 0) is 0 Å². The highest BCUT2D eigenvalue weighted by molar-refractivity contribution is 7.11. The van der Waals surface area contributed by atoms with E-state index in [1.807, 2.05) is 0 Å². The Labute approximate surface area is 133 Å². The predicted octanol–water partition coefficient (Wildman–Crippen LogP) is 5.31. The fourth-order valence-electron chi connectivity index (χ4n) is 2.03. The zero-order chi connectivity index (χ0) is 15.8. The van der Waals surface area contributed by atoms with Crippen molar-refractivity contribution in [2.75, 3.05) is 6.54 Å². The van der Waals surface area contributed by atoms with Crippen LogP contribution in [0.2, 0.25) is 0 Å². The molecule has 0 saturated heterocycles. The number of carbonyl (C=O) groups is 1. The summed E-state index contributed by atoms with van der Waals surface area (Å²) in [6.45, 7) is 3.14. The number of unbranched alkanes of at least 4 members (excludes halogenated alkanes) is 9. The first-order chi connectivity index (χ1) is 10.2. The molecule has 3 N–H and O–H groups in total. The van der Waals surface area contributed by atoms with Crippen LogP contribution in [0, 0.1) is 0 Å². The van der Waals surface area contributed by atoms with Gasteiger partial charge in [-0.3, -0.25) is 0 Å². The second-order valence-electron chi connectivity index (χ2n) is 5.25. The highest BCUT2D eigenvalue weighted by atomic mass is 32.1. The van der Waals surface area contributed by atoms with E-state index in [1.54, 1.807) is 17.5 Å². The van der Waals surface area contributed by atoms with Gasteiger partial charge in [0.1, 0.15) is 4.88 Å². The second kappa shape index (κ2) is 15.5. The number of thiophene rings is 1. The van der Waals surface area contributed by atoms with Gasteiger partial charge in [0.05, 0.1) is 0 Å². The van der Waals surface area contributed by atoms with E-state index in [1.165, 1.54) is 75.5 Å². The molecule has 0 spiro atoms. The second-order valence-corrected chi connectivity index (χ2v) is 6.20. The van der Waals surface area contributed by atoms with E-state index in [0.717, 1.165) is 6.54 Å². The van der Waals surface area contributed by atoms with Gasteiger partial charge in [-0.1, -0.05) is 70.8 Å². The lowest BCUT2D eigenvalue weighted by Gasteiger charge is -2.00. The number of nitrogens with two attached hydrogens (primary N) is 1. The van der Waals surface area contributed by atoms with Gasteiger partial charge < -0.3 is 10.8 Å². The minimum atomic E-state index is -0.847. The molecular weight excluding hydrogens is 282 g/mol. The zero-order valence-electron chi connectivity index (χ0n) is 13.4. The standard InChI is InChI=1S/C12H27N.C5H4O2S/c1-2-3-4-5-6-7-8-9-10-11-12-13;6-5(7)4-2-1-3-8-4/h2-13H2,1H3;1-3H,(H,6,7). The molecule has 1 aromatic rings. The first-order valence-corrected chi connectivity index (χ1v) is 9.07. The van der Waals surface area contributed by atoms with Crippen LogP contribution in [0.3, 0.4) is 0 Å². The lowest BCUT2D eigenvalue weighted by molar-refractivity contribution is 0.0702. The topological polar surface area (TPSA) is 63.3 Å². The Morgan fingerprint density at radius 1 is 1.05 bits per heavy atom. The molecule has 3 nitrogen and oxygen atoms in total. The van der Waals surface area contributed by atoms with Crippen molar-refractivity contribution in [2.24, 2.45) is 5.73 Å². The molecule has 0 aliphatic heterocycles. The Bertz CT molecular complexity index is 316. The van der Waals surface area contributed by atoms with Gasteiger partial charge in [0, 0.05) is 0 Å². The number of carboxylic acids is 1. The van der Waals surface area contributed by atoms with Crippen LogP contribution in [0.1, 0.15) is 80.8 Å². The summed E-state index contributed by atoms with van der Waals surface area (Å²) in [5.74, 6) is -0.847. The Morgan fingerprint density at radius 2 is 1.57 bits per heavy atom. The maximum absolute atomic E-state index is 10.1. The number of carboxylic acid groups (broad SMARTS) is 1. The van der Waals surface area contributed by atoms with Gasteiger partial charge in [-0.2, -0.15) is 0 Å². The molecule has 0 saturated carbocycles. The summed E-state index contributed by atoms with van der Waals surface area (Å²) in [5, 5.41) is 10.0. The number of rotatable bonds is 11. The van der Waals surface area contributed by atoms with Crippen LogP contribution in [0.15, 0.2) is 17.5 Å². The molecule has 0 amide bonds. The number of hydrogen-bond acceptors (Lipinski definition) is 3. The van der Waals surface area contributed by atoms with Crippen LogP contribution >= 0.6 is 11.3 Å². The van der Waals surface area contributed by atoms with Crippen LogP contribution in [0.5, 0.6) is 0 Å².